The van der Waals surface area contributed by atoms with Gasteiger partial charge in [-0.05, 0) is 25.2 Å². The Balaban J connectivity index is 2.63. The molecule has 11 heavy (non-hydrogen) atoms. The first-order valence-corrected chi connectivity index (χ1v) is 4.07. The third kappa shape index (κ3) is 1.71. The molecule has 0 spiro atoms. The summed E-state index contributed by atoms with van der Waals surface area (Å²) in [7, 11) is 0. The van der Waals surface area contributed by atoms with Gasteiger partial charge in [-0.25, -0.2) is 0 Å². The number of nitrogens with two attached hydrogens (primary N) is 1. The summed E-state index contributed by atoms with van der Waals surface area (Å²) in [5.74, 6) is -0.148. The topological polar surface area (TPSA) is 63.3 Å². The first kappa shape index (κ1) is 8.53. The summed E-state index contributed by atoms with van der Waals surface area (Å²) in [6.07, 6.45) is 3.06. The van der Waals surface area contributed by atoms with Crippen LogP contribution in [0.1, 0.15) is 32.6 Å². The largest absolute Gasteiger partial charge is 0.380 e. The second-order valence-corrected chi connectivity index (χ2v) is 3.60. The van der Waals surface area contributed by atoms with Crippen molar-refractivity contribution >= 4 is 5.91 Å². The molecule has 0 saturated heterocycles. The highest BCUT2D eigenvalue weighted by Crippen LogP contribution is 2.31. The molecule has 0 aromatic heterocycles. The summed E-state index contributed by atoms with van der Waals surface area (Å²) in [6, 6.07) is 0. The third-order valence-corrected chi connectivity index (χ3v) is 2.43. The molecule has 1 aliphatic rings. The van der Waals surface area contributed by atoms with Crippen LogP contribution in [0.5, 0.6) is 0 Å². The average molecular weight is 157 g/mol. The third-order valence-electron chi connectivity index (χ3n) is 2.43. The summed E-state index contributed by atoms with van der Waals surface area (Å²) in [5, 5.41) is 9.64. The molecule has 64 valence electrons. The molecule has 0 aromatic rings. The summed E-state index contributed by atoms with van der Waals surface area (Å²) in [5.41, 5.74) is 3.86. The van der Waals surface area contributed by atoms with Gasteiger partial charge in [-0.15, -0.1) is 0 Å². The zero-order valence-corrected chi connectivity index (χ0v) is 6.84. The highest BCUT2D eigenvalue weighted by Gasteiger charge is 2.37. The van der Waals surface area contributed by atoms with Crippen LogP contribution in [0.25, 0.3) is 0 Å². The fraction of sp³-hybridized carbons (Fsp3) is 0.875. The Labute approximate surface area is 66.6 Å². The molecule has 0 aromatic carbocycles. The van der Waals surface area contributed by atoms with Gasteiger partial charge in [0.05, 0.1) is 0 Å². The summed E-state index contributed by atoms with van der Waals surface area (Å²) in [6.45, 7) is 2.03. The normalized spacial score (nSPS) is 38.5. The molecule has 3 heteroatoms. The van der Waals surface area contributed by atoms with Crippen LogP contribution in [0.15, 0.2) is 0 Å². The molecule has 1 fully saturated rings. The van der Waals surface area contributed by atoms with E-state index in [1.807, 2.05) is 6.92 Å². The van der Waals surface area contributed by atoms with Crippen LogP contribution in [-0.2, 0) is 4.79 Å². The number of rotatable bonds is 1. The van der Waals surface area contributed by atoms with Gasteiger partial charge >= 0.3 is 0 Å². The van der Waals surface area contributed by atoms with Crippen molar-refractivity contribution in [2.24, 2.45) is 11.7 Å². The standard InChI is InChI=1S/C8H15NO2/c1-6-3-2-4-8(11,5-6)7(9)10/h6,11H,2-5H2,1H3,(H2,9,10)/t6-,8+/m1/s1. The second kappa shape index (κ2) is 2.81. The fourth-order valence-corrected chi connectivity index (χ4v) is 1.75. The Morgan fingerprint density at radius 1 is 1.73 bits per heavy atom. The monoisotopic (exact) mass is 157 g/mol. The van der Waals surface area contributed by atoms with Gasteiger partial charge in [-0.3, -0.25) is 4.79 Å². The van der Waals surface area contributed by atoms with Gasteiger partial charge in [0.2, 0.25) is 5.91 Å². The van der Waals surface area contributed by atoms with E-state index in [1.54, 1.807) is 0 Å². The van der Waals surface area contributed by atoms with Crippen LogP contribution >= 0.6 is 0 Å². The van der Waals surface area contributed by atoms with E-state index in [-0.39, 0.29) is 0 Å². The maximum atomic E-state index is 10.8. The summed E-state index contributed by atoms with van der Waals surface area (Å²) >= 11 is 0. The molecular formula is C8H15NO2. The van der Waals surface area contributed by atoms with Gasteiger partial charge in [-0.1, -0.05) is 13.3 Å². The number of hydrogen-bond donors (Lipinski definition) is 2. The molecule has 3 nitrogen and oxygen atoms in total. The molecule has 0 unspecified atom stereocenters. The van der Waals surface area contributed by atoms with Gasteiger partial charge in [0.15, 0.2) is 0 Å². The van der Waals surface area contributed by atoms with Crippen LogP contribution in [0, 0.1) is 5.92 Å². The quantitative estimate of drug-likeness (QED) is 0.579. The van der Waals surface area contributed by atoms with E-state index in [4.69, 9.17) is 5.73 Å². The van der Waals surface area contributed by atoms with E-state index in [2.05, 4.69) is 0 Å². The maximum absolute atomic E-state index is 10.8. The number of amides is 1. The predicted molar refractivity (Wildman–Crippen MR) is 41.8 cm³/mol. The number of primary amides is 1. The molecule has 0 heterocycles. The van der Waals surface area contributed by atoms with Crippen LogP contribution in [0.4, 0.5) is 0 Å². The van der Waals surface area contributed by atoms with Crippen molar-refractivity contribution in [1.29, 1.82) is 0 Å². The highest BCUT2D eigenvalue weighted by atomic mass is 16.3. The van der Waals surface area contributed by atoms with Crippen LogP contribution in [-0.4, -0.2) is 16.6 Å². The van der Waals surface area contributed by atoms with Crippen molar-refractivity contribution in [2.75, 3.05) is 0 Å². The van der Waals surface area contributed by atoms with Crippen molar-refractivity contribution in [1.82, 2.24) is 0 Å². The lowest BCUT2D eigenvalue weighted by Crippen LogP contribution is -2.46. The number of carbonyl (C=O) groups excluding carboxylic acids is 1. The number of aliphatic hydroxyl groups is 1. The maximum Gasteiger partial charge on any atom is 0.249 e. The molecule has 0 bridgehead atoms. The molecule has 0 aliphatic heterocycles. The SMILES string of the molecule is C[C@@H]1CCC[C@@](O)(C(N)=O)C1. The number of carbonyl (C=O) groups is 1. The first-order valence-electron chi connectivity index (χ1n) is 4.07. The Hall–Kier alpha value is -0.570. The lowest BCUT2D eigenvalue weighted by atomic mass is 9.78. The van der Waals surface area contributed by atoms with Gasteiger partial charge in [0, 0.05) is 0 Å². The minimum absolute atomic E-state index is 0.418. The number of hydrogen-bond acceptors (Lipinski definition) is 2. The van der Waals surface area contributed by atoms with Crippen LogP contribution < -0.4 is 5.73 Å². The van der Waals surface area contributed by atoms with Crippen molar-refractivity contribution < 1.29 is 9.90 Å². The van der Waals surface area contributed by atoms with E-state index in [1.165, 1.54) is 0 Å². The average Bonchev–Trinajstić information content (AvgIpc) is 1.86. The smallest absolute Gasteiger partial charge is 0.249 e. The zero-order valence-electron chi connectivity index (χ0n) is 6.84. The second-order valence-electron chi connectivity index (χ2n) is 3.60. The van der Waals surface area contributed by atoms with Crippen molar-refractivity contribution in [2.45, 2.75) is 38.2 Å². The molecule has 1 rings (SSSR count). The molecular weight excluding hydrogens is 142 g/mol. The van der Waals surface area contributed by atoms with Crippen molar-refractivity contribution in [3.63, 3.8) is 0 Å². The van der Waals surface area contributed by atoms with E-state index in [0.717, 1.165) is 12.8 Å². The van der Waals surface area contributed by atoms with Crippen molar-refractivity contribution in [3.05, 3.63) is 0 Å². The summed E-state index contributed by atoms with van der Waals surface area (Å²) in [4.78, 5) is 10.8. The van der Waals surface area contributed by atoms with Gasteiger partial charge in [0.1, 0.15) is 5.60 Å². The Morgan fingerprint density at radius 3 is 2.73 bits per heavy atom. The molecule has 1 saturated carbocycles. The van der Waals surface area contributed by atoms with Crippen LogP contribution in [0.2, 0.25) is 0 Å². The van der Waals surface area contributed by atoms with Gasteiger partial charge < -0.3 is 10.8 Å². The Bertz CT molecular complexity index is 169. The van der Waals surface area contributed by atoms with Gasteiger partial charge in [0.25, 0.3) is 0 Å². The molecule has 1 aliphatic carbocycles. The lowest BCUT2D eigenvalue weighted by Gasteiger charge is -2.32. The molecule has 3 N–H and O–H groups in total. The van der Waals surface area contributed by atoms with Gasteiger partial charge in [-0.2, -0.15) is 0 Å². The Morgan fingerprint density at radius 2 is 2.36 bits per heavy atom. The zero-order chi connectivity index (χ0) is 8.48. The van der Waals surface area contributed by atoms with E-state index in [0.29, 0.717) is 18.8 Å². The van der Waals surface area contributed by atoms with Crippen LogP contribution in [0.3, 0.4) is 0 Å². The van der Waals surface area contributed by atoms with E-state index < -0.39 is 11.5 Å². The fourth-order valence-electron chi connectivity index (χ4n) is 1.75. The molecule has 1 amide bonds. The first-order chi connectivity index (χ1) is 5.04. The minimum Gasteiger partial charge on any atom is -0.380 e. The highest BCUT2D eigenvalue weighted by molar-refractivity contribution is 5.83. The summed E-state index contributed by atoms with van der Waals surface area (Å²) < 4.78 is 0. The molecule has 0 radical (unpaired) electrons. The minimum atomic E-state index is -1.21. The van der Waals surface area contributed by atoms with E-state index in [9.17, 15) is 9.90 Å². The predicted octanol–water partition coefficient (Wildman–Crippen LogP) is 0.413. The van der Waals surface area contributed by atoms with Crippen molar-refractivity contribution in [3.8, 4) is 0 Å². The Kier molecular flexibility index (Phi) is 2.18. The molecule has 2 atom stereocenters. The lowest BCUT2D eigenvalue weighted by molar-refractivity contribution is -0.141. The van der Waals surface area contributed by atoms with E-state index >= 15 is 0 Å².